The largest absolute Gasteiger partial charge is 0.497 e. The highest BCUT2D eigenvalue weighted by Gasteiger charge is 2.12. The summed E-state index contributed by atoms with van der Waals surface area (Å²) in [6, 6.07) is 16.3. The van der Waals surface area contributed by atoms with Crippen LogP contribution < -0.4 is 20.2 Å². The van der Waals surface area contributed by atoms with Crippen LogP contribution in [-0.4, -0.2) is 37.7 Å². The predicted octanol–water partition coefficient (Wildman–Crippen LogP) is 3.70. The molecule has 3 aromatic carbocycles. The van der Waals surface area contributed by atoms with Gasteiger partial charge in [-0.15, -0.1) is 0 Å². The fourth-order valence-electron chi connectivity index (χ4n) is 2.68. The molecule has 0 bridgehead atoms. The average molecular weight is 528 g/mol. The molecule has 174 valence electrons. The number of esters is 1. The van der Waals surface area contributed by atoms with Gasteiger partial charge >= 0.3 is 5.97 Å². The number of benzene rings is 3. The first-order chi connectivity index (χ1) is 16.4. The van der Waals surface area contributed by atoms with E-state index in [2.05, 4.69) is 31.8 Å². The predicted molar refractivity (Wildman–Crippen MR) is 127 cm³/mol. The van der Waals surface area contributed by atoms with Crippen molar-refractivity contribution in [1.82, 2.24) is 10.7 Å². The van der Waals surface area contributed by atoms with Crippen LogP contribution in [-0.2, 0) is 4.79 Å². The third-order valence-corrected chi connectivity index (χ3v) is 4.90. The van der Waals surface area contributed by atoms with Crippen molar-refractivity contribution in [3.05, 3.63) is 93.7 Å². The van der Waals surface area contributed by atoms with E-state index in [0.717, 1.165) is 12.1 Å². The lowest BCUT2D eigenvalue weighted by atomic mass is 10.2. The van der Waals surface area contributed by atoms with Crippen LogP contribution in [0.3, 0.4) is 0 Å². The molecule has 0 radical (unpaired) electrons. The van der Waals surface area contributed by atoms with E-state index in [0.29, 0.717) is 21.3 Å². The van der Waals surface area contributed by atoms with Gasteiger partial charge in [-0.1, -0.05) is 15.9 Å². The molecule has 0 atom stereocenters. The molecule has 3 aromatic rings. The number of halogens is 2. The fourth-order valence-corrected chi connectivity index (χ4v) is 3.06. The lowest BCUT2D eigenvalue weighted by molar-refractivity contribution is -0.120. The molecule has 34 heavy (non-hydrogen) atoms. The van der Waals surface area contributed by atoms with Crippen molar-refractivity contribution in [3.63, 3.8) is 0 Å². The molecule has 0 spiro atoms. The number of amides is 2. The van der Waals surface area contributed by atoms with Gasteiger partial charge in [0.05, 0.1) is 25.4 Å². The van der Waals surface area contributed by atoms with Crippen LogP contribution in [0.4, 0.5) is 4.39 Å². The number of ether oxygens (including phenoxy) is 2. The minimum Gasteiger partial charge on any atom is -0.497 e. The van der Waals surface area contributed by atoms with Crippen LogP contribution in [0.15, 0.2) is 76.3 Å². The Kier molecular flexibility index (Phi) is 8.47. The quantitative estimate of drug-likeness (QED) is 0.201. The van der Waals surface area contributed by atoms with Crippen LogP contribution in [0.5, 0.6) is 11.5 Å². The van der Waals surface area contributed by atoms with Gasteiger partial charge in [-0.25, -0.2) is 14.6 Å². The molecule has 0 aliphatic rings. The minimum atomic E-state index is -0.585. The zero-order chi connectivity index (χ0) is 24.5. The number of rotatable bonds is 8. The average Bonchev–Trinajstić information content (AvgIpc) is 2.84. The number of nitrogens with zero attached hydrogens (tertiary/aromatic N) is 1. The van der Waals surface area contributed by atoms with Gasteiger partial charge in [0.25, 0.3) is 11.8 Å². The third kappa shape index (κ3) is 6.97. The van der Waals surface area contributed by atoms with Crippen molar-refractivity contribution in [2.24, 2.45) is 5.10 Å². The minimum absolute atomic E-state index is 0.218. The highest BCUT2D eigenvalue weighted by molar-refractivity contribution is 9.10. The molecule has 0 aliphatic carbocycles. The summed E-state index contributed by atoms with van der Waals surface area (Å²) in [4.78, 5) is 36.4. The topological polar surface area (TPSA) is 106 Å². The standard InChI is InChI=1S/C24H19BrFN3O5/c1-33-20-9-4-16(5-10-20)24(32)34-21-11-6-18(25)12-17(21)13-28-29-22(30)14-27-23(31)15-2-7-19(26)8-3-15/h2-13H,14H2,1H3,(H,27,31)(H,29,30). The van der Waals surface area contributed by atoms with Gasteiger partial charge in [0.1, 0.15) is 17.3 Å². The molecule has 0 saturated carbocycles. The third-order valence-electron chi connectivity index (χ3n) is 4.41. The van der Waals surface area contributed by atoms with Gasteiger partial charge in [-0.05, 0) is 66.7 Å². The molecule has 0 unspecified atom stereocenters. The van der Waals surface area contributed by atoms with Gasteiger partial charge in [0.15, 0.2) is 0 Å². The van der Waals surface area contributed by atoms with Crippen molar-refractivity contribution in [2.75, 3.05) is 13.7 Å². The second-order valence-corrected chi connectivity index (χ2v) is 7.70. The molecular formula is C24H19BrFN3O5. The first kappa shape index (κ1) is 24.6. The zero-order valence-corrected chi connectivity index (χ0v) is 19.5. The summed E-state index contributed by atoms with van der Waals surface area (Å²) in [5.74, 6) is -1.32. The summed E-state index contributed by atoms with van der Waals surface area (Å²) in [6.45, 7) is -0.342. The van der Waals surface area contributed by atoms with Gasteiger partial charge in [-0.3, -0.25) is 9.59 Å². The zero-order valence-electron chi connectivity index (χ0n) is 17.9. The second kappa shape index (κ2) is 11.7. The lowest BCUT2D eigenvalue weighted by Crippen LogP contribution is -2.34. The maximum atomic E-state index is 12.9. The molecular weight excluding hydrogens is 509 g/mol. The van der Waals surface area contributed by atoms with E-state index in [1.807, 2.05) is 0 Å². The van der Waals surface area contributed by atoms with E-state index in [1.165, 1.54) is 25.5 Å². The van der Waals surface area contributed by atoms with Crippen molar-refractivity contribution >= 4 is 39.9 Å². The van der Waals surface area contributed by atoms with E-state index in [-0.39, 0.29) is 17.9 Å². The smallest absolute Gasteiger partial charge is 0.343 e. The van der Waals surface area contributed by atoms with Crippen molar-refractivity contribution in [2.45, 2.75) is 0 Å². The SMILES string of the molecule is COc1ccc(C(=O)Oc2ccc(Br)cc2C=NNC(=O)CNC(=O)c2ccc(F)cc2)cc1. The van der Waals surface area contributed by atoms with E-state index < -0.39 is 23.6 Å². The Bertz CT molecular complexity index is 1210. The Morgan fingerprint density at radius 3 is 2.35 bits per heavy atom. The monoisotopic (exact) mass is 527 g/mol. The number of carbonyl (C=O) groups is 3. The molecule has 0 aromatic heterocycles. The Balaban J connectivity index is 1.58. The highest BCUT2D eigenvalue weighted by atomic mass is 79.9. The molecule has 2 amide bonds. The first-order valence-corrected chi connectivity index (χ1v) is 10.7. The van der Waals surface area contributed by atoms with Crippen LogP contribution in [0, 0.1) is 5.82 Å². The van der Waals surface area contributed by atoms with Crippen molar-refractivity contribution in [1.29, 1.82) is 0 Å². The molecule has 10 heteroatoms. The summed E-state index contributed by atoms with van der Waals surface area (Å²) < 4.78 is 24.2. The number of nitrogens with one attached hydrogen (secondary N) is 2. The molecule has 3 rings (SSSR count). The van der Waals surface area contributed by atoms with Gasteiger partial charge < -0.3 is 14.8 Å². The van der Waals surface area contributed by atoms with E-state index in [4.69, 9.17) is 9.47 Å². The molecule has 0 saturated heterocycles. The van der Waals surface area contributed by atoms with Crippen LogP contribution in [0.25, 0.3) is 0 Å². The first-order valence-electron chi connectivity index (χ1n) is 9.87. The van der Waals surface area contributed by atoms with Crippen LogP contribution in [0.2, 0.25) is 0 Å². The molecule has 2 N–H and O–H groups in total. The van der Waals surface area contributed by atoms with E-state index in [9.17, 15) is 18.8 Å². The molecule has 0 aliphatic heterocycles. The molecule has 8 nitrogen and oxygen atoms in total. The number of hydrogen-bond donors (Lipinski definition) is 2. The van der Waals surface area contributed by atoms with Gasteiger partial charge in [0.2, 0.25) is 0 Å². The maximum Gasteiger partial charge on any atom is 0.343 e. The number of carbonyl (C=O) groups excluding carboxylic acids is 3. The van der Waals surface area contributed by atoms with E-state index >= 15 is 0 Å². The van der Waals surface area contributed by atoms with Gasteiger partial charge in [-0.2, -0.15) is 5.10 Å². The number of hydrogen-bond acceptors (Lipinski definition) is 6. The maximum absolute atomic E-state index is 12.9. The summed E-state index contributed by atoms with van der Waals surface area (Å²) in [7, 11) is 1.53. The summed E-state index contributed by atoms with van der Waals surface area (Å²) in [6.07, 6.45) is 1.31. The lowest BCUT2D eigenvalue weighted by Gasteiger charge is -2.09. The Hall–Kier alpha value is -4.05. The number of hydrazone groups is 1. The summed E-state index contributed by atoms with van der Waals surface area (Å²) in [5, 5.41) is 6.26. The van der Waals surface area contributed by atoms with Gasteiger partial charge in [0, 0.05) is 15.6 Å². The van der Waals surface area contributed by atoms with Crippen molar-refractivity contribution < 1.29 is 28.2 Å². The van der Waals surface area contributed by atoms with Crippen LogP contribution >= 0.6 is 15.9 Å². The molecule has 0 heterocycles. The van der Waals surface area contributed by atoms with E-state index in [1.54, 1.807) is 42.5 Å². The fraction of sp³-hybridized carbons (Fsp3) is 0.0833. The Morgan fingerprint density at radius 2 is 1.68 bits per heavy atom. The summed E-state index contributed by atoms with van der Waals surface area (Å²) in [5.41, 5.74) is 3.25. The Morgan fingerprint density at radius 1 is 1.00 bits per heavy atom. The van der Waals surface area contributed by atoms with Crippen molar-refractivity contribution in [3.8, 4) is 11.5 Å². The molecule has 0 fully saturated rings. The van der Waals surface area contributed by atoms with Crippen LogP contribution in [0.1, 0.15) is 26.3 Å². The summed E-state index contributed by atoms with van der Waals surface area (Å²) >= 11 is 3.34. The highest BCUT2D eigenvalue weighted by Crippen LogP contribution is 2.23. The number of methoxy groups -OCH3 is 1. The second-order valence-electron chi connectivity index (χ2n) is 6.78. The normalized spacial score (nSPS) is 10.6. The Labute approximate surface area is 202 Å².